The van der Waals surface area contributed by atoms with E-state index in [9.17, 15) is 0 Å². The van der Waals surface area contributed by atoms with Crippen molar-refractivity contribution in [2.45, 2.75) is 32.2 Å². The summed E-state index contributed by atoms with van der Waals surface area (Å²) in [4.78, 5) is 11.0. The van der Waals surface area contributed by atoms with Crippen LogP contribution in [0.1, 0.15) is 31.2 Å². The predicted molar refractivity (Wildman–Crippen MR) is 91.5 cm³/mol. The first-order chi connectivity index (χ1) is 10.8. The second-order valence-corrected chi connectivity index (χ2v) is 6.03. The van der Waals surface area contributed by atoms with Crippen LogP contribution in [0.5, 0.6) is 0 Å². The molecule has 3 heterocycles. The first kappa shape index (κ1) is 15.1. The van der Waals surface area contributed by atoms with E-state index in [0.29, 0.717) is 5.15 Å². The Hall–Kier alpha value is -1.81. The normalized spacial score (nSPS) is 15.4. The fourth-order valence-electron chi connectivity index (χ4n) is 2.72. The van der Waals surface area contributed by atoms with Gasteiger partial charge >= 0.3 is 0 Å². The Kier molecular flexibility index (Phi) is 5.11. The highest BCUT2D eigenvalue weighted by molar-refractivity contribution is 6.29. The minimum absolute atomic E-state index is 0.500. The quantitative estimate of drug-likeness (QED) is 0.861. The van der Waals surface area contributed by atoms with Gasteiger partial charge in [0.15, 0.2) is 0 Å². The fourth-order valence-corrected chi connectivity index (χ4v) is 2.90. The number of aromatic nitrogens is 2. The summed E-state index contributed by atoms with van der Waals surface area (Å²) in [5, 5.41) is 3.83. The molecule has 0 atom stereocenters. The largest absolute Gasteiger partial charge is 0.381 e. The van der Waals surface area contributed by atoms with Crippen LogP contribution in [0.2, 0.25) is 5.15 Å². The van der Waals surface area contributed by atoms with Crippen molar-refractivity contribution >= 4 is 23.1 Å². The minimum Gasteiger partial charge on any atom is -0.381 e. The van der Waals surface area contributed by atoms with Crippen molar-refractivity contribution in [1.82, 2.24) is 9.97 Å². The number of hydrogen-bond donors (Lipinski definition) is 1. The van der Waals surface area contributed by atoms with Crippen LogP contribution in [0.15, 0.2) is 36.7 Å². The van der Waals surface area contributed by atoms with Gasteiger partial charge in [-0.3, -0.25) is 0 Å². The smallest absolute Gasteiger partial charge is 0.131 e. The number of nitrogens with zero attached hydrogens (tertiary/aromatic N) is 3. The maximum atomic E-state index is 5.88. The average molecular weight is 317 g/mol. The molecule has 0 unspecified atom stereocenters. The maximum absolute atomic E-state index is 5.88. The van der Waals surface area contributed by atoms with E-state index < -0.39 is 0 Å². The number of halogens is 1. The molecular formula is C17H21ClN4. The lowest BCUT2D eigenvalue weighted by atomic mass is 10.2. The topological polar surface area (TPSA) is 41.0 Å². The van der Waals surface area contributed by atoms with E-state index in [0.717, 1.165) is 36.7 Å². The molecule has 1 aliphatic heterocycles. The van der Waals surface area contributed by atoms with Crippen LogP contribution >= 0.6 is 11.6 Å². The summed E-state index contributed by atoms with van der Waals surface area (Å²) in [5.41, 5.74) is 2.13. The third-order valence-corrected chi connectivity index (χ3v) is 4.17. The summed E-state index contributed by atoms with van der Waals surface area (Å²) in [6.07, 6.45) is 8.88. The number of pyridine rings is 2. The molecule has 1 saturated heterocycles. The van der Waals surface area contributed by atoms with Crippen molar-refractivity contribution in [2.75, 3.05) is 23.3 Å². The molecule has 0 saturated carbocycles. The molecule has 5 heteroatoms. The van der Waals surface area contributed by atoms with Crippen molar-refractivity contribution in [1.29, 1.82) is 0 Å². The molecule has 0 spiro atoms. The van der Waals surface area contributed by atoms with E-state index in [-0.39, 0.29) is 0 Å². The molecule has 0 radical (unpaired) electrons. The Morgan fingerprint density at radius 1 is 1.05 bits per heavy atom. The fraction of sp³-hybridized carbons (Fsp3) is 0.412. The van der Waals surface area contributed by atoms with Crippen LogP contribution in [-0.4, -0.2) is 23.1 Å². The second kappa shape index (κ2) is 7.45. The molecule has 116 valence electrons. The molecule has 4 nitrogen and oxygen atoms in total. The Morgan fingerprint density at radius 2 is 1.86 bits per heavy atom. The average Bonchev–Trinajstić information content (AvgIpc) is 2.83. The van der Waals surface area contributed by atoms with Gasteiger partial charge < -0.3 is 10.2 Å². The summed E-state index contributed by atoms with van der Waals surface area (Å²) in [7, 11) is 0. The Morgan fingerprint density at radius 3 is 2.55 bits per heavy atom. The van der Waals surface area contributed by atoms with E-state index in [2.05, 4.69) is 32.3 Å². The minimum atomic E-state index is 0.500. The molecular weight excluding hydrogens is 296 g/mol. The van der Waals surface area contributed by atoms with Gasteiger partial charge in [0.1, 0.15) is 11.0 Å². The molecule has 0 aliphatic carbocycles. The molecule has 1 N–H and O–H groups in total. The number of rotatable bonds is 4. The standard InChI is InChI=1S/C17H21ClN4/c18-16-11-15(7-8-19-16)20-12-14-5-6-17(21-13-14)22-9-3-1-2-4-10-22/h5-8,11,13H,1-4,9-10,12H2,(H,19,20). The van der Waals surface area contributed by atoms with Crippen LogP contribution in [0.4, 0.5) is 11.5 Å². The van der Waals surface area contributed by atoms with Gasteiger partial charge in [0.05, 0.1) is 0 Å². The molecule has 0 aromatic carbocycles. The van der Waals surface area contributed by atoms with Gasteiger partial charge in [-0.2, -0.15) is 0 Å². The Labute approximate surface area is 136 Å². The zero-order chi connectivity index (χ0) is 15.2. The molecule has 2 aromatic rings. The van der Waals surface area contributed by atoms with Crippen molar-refractivity contribution in [2.24, 2.45) is 0 Å². The summed E-state index contributed by atoms with van der Waals surface area (Å²) in [6, 6.07) is 8.00. The molecule has 22 heavy (non-hydrogen) atoms. The van der Waals surface area contributed by atoms with Gasteiger partial charge in [-0.15, -0.1) is 0 Å². The number of anilines is 2. The molecule has 2 aromatic heterocycles. The summed E-state index contributed by atoms with van der Waals surface area (Å²) in [5.74, 6) is 1.10. The monoisotopic (exact) mass is 316 g/mol. The zero-order valence-electron chi connectivity index (χ0n) is 12.6. The lowest BCUT2D eigenvalue weighted by Gasteiger charge is -2.21. The predicted octanol–water partition coefficient (Wildman–Crippen LogP) is 4.12. The summed E-state index contributed by atoms with van der Waals surface area (Å²) in [6.45, 7) is 2.98. The second-order valence-electron chi connectivity index (χ2n) is 5.65. The third kappa shape index (κ3) is 4.10. The summed E-state index contributed by atoms with van der Waals surface area (Å²) < 4.78 is 0. The van der Waals surface area contributed by atoms with Gasteiger partial charge in [0.2, 0.25) is 0 Å². The van der Waals surface area contributed by atoms with Crippen molar-refractivity contribution in [3.63, 3.8) is 0 Å². The zero-order valence-corrected chi connectivity index (χ0v) is 13.4. The van der Waals surface area contributed by atoms with E-state index >= 15 is 0 Å². The van der Waals surface area contributed by atoms with Crippen LogP contribution in [0.3, 0.4) is 0 Å². The van der Waals surface area contributed by atoms with Gasteiger partial charge in [0.25, 0.3) is 0 Å². The first-order valence-electron chi connectivity index (χ1n) is 7.86. The highest BCUT2D eigenvalue weighted by Crippen LogP contribution is 2.18. The molecule has 1 fully saturated rings. The first-order valence-corrected chi connectivity index (χ1v) is 8.24. The van der Waals surface area contributed by atoms with Crippen molar-refractivity contribution < 1.29 is 0 Å². The highest BCUT2D eigenvalue weighted by Gasteiger charge is 2.10. The third-order valence-electron chi connectivity index (χ3n) is 3.96. The lowest BCUT2D eigenvalue weighted by molar-refractivity contribution is 0.726. The van der Waals surface area contributed by atoms with Gasteiger partial charge in [-0.25, -0.2) is 9.97 Å². The van der Waals surface area contributed by atoms with Crippen molar-refractivity contribution in [3.05, 3.63) is 47.4 Å². The number of nitrogens with one attached hydrogen (secondary N) is 1. The summed E-state index contributed by atoms with van der Waals surface area (Å²) >= 11 is 5.88. The van der Waals surface area contributed by atoms with Gasteiger partial charge in [-0.05, 0) is 36.6 Å². The Bertz CT molecular complexity index is 592. The van der Waals surface area contributed by atoms with Crippen LogP contribution in [0, 0.1) is 0 Å². The molecule has 1 aliphatic rings. The molecule has 0 bridgehead atoms. The van der Waals surface area contributed by atoms with E-state index in [1.54, 1.807) is 6.20 Å². The van der Waals surface area contributed by atoms with Crippen LogP contribution in [-0.2, 0) is 6.54 Å². The SMILES string of the molecule is Clc1cc(NCc2ccc(N3CCCCCC3)nc2)ccn1. The molecule has 3 rings (SSSR count). The van der Waals surface area contributed by atoms with E-state index in [1.807, 2.05) is 18.3 Å². The van der Waals surface area contributed by atoms with E-state index in [1.165, 1.54) is 25.7 Å². The highest BCUT2D eigenvalue weighted by atomic mass is 35.5. The number of hydrogen-bond acceptors (Lipinski definition) is 4. The van der Waals surface area contributed by atoms with E-state index in [4.69, 9.17) is 11.6 Å². The lowest BCUT2D eigenvalue weighted by Crippen LogP contribution is -2.24. The molecule has 0 amide bonds. The van der Waals surface area contributed by atoms with Crippen molar-refractivity contribution in [3.8, 4) is 0 Å². The maximum Gasteiger partial charge on any atom is 0.131 e. The van der Waals surface area contributed by atoms with Crippen LogP contribution < -0.4 is 10.2 Å². The van der Waals surface area contributed by atoms with Crippen LogP contribution in [0.25, 0.3) is 0 Å². The Balaban J connectivity index is 1.59. The van der Waals surface area contributed by atoms with Gasteiger partial charge in [0, 0.05) is 37.7 Å². The van der Waals surface area contributed by atoms with Gasteiger partial charge in [-0.1, -0.05) is 30.5 Å².